The molecule has 0 aromatic rings. The number of amides is 1. The summed E-state index contributed by atoms with van der Waals surface area (Å²) in [6, 6.07) is 0. The molecular formula is C5H9NO2S. The second-order valence-electron chi connectivity index (χ2n) is 2.19. The molecule has 0 aromatic carbocycles. The predicted molar refractivity (Wildman–Crippen MR) is 34.9 cm³/mol. The van der Waals surface area contributed by atoms with Gasteiger partial charge in [0.2, 0.25) is 0 Å². The number of hydrogen-bond donors (Lipinski definition) is 1. The lowest BCUT2D eigenvalue weighted by atomic mass is 10.4. The van der Waals surface area contributed by atoms with Gasteiger partial charge in [-0.3, -0.25) is 4.79 Å². The zero-order valence-electron chi connectivity index (χ0n) is 5.22. The third kappa shape index (κ3) is 2.24. The summed E-state index contributed by atoms with van der Waals surface area (Å²) in [6.07, 6.45) is 3.38. The van der Waals surface area contributed by atoms with Crippen LogP contribution in [0.3, 0.4) is 0 Å². The van der Waals surface area contributed by atoms with Crippen LogP contribution >= 0.6 is 0 Å². The van der Waals surface area contributed by atoms with Gasteiger partial charge in [-0.1, -0.05) is 0 Å². The molecular weight excluding hydrogens is 138 g/mol. The Morgan fingerprint density at radius 2 is 2.33 bits per heavy atom. The van der Waals surface area contributed by atoms with E-state index in [4.69, 9.17) is 0 Å². The lowest BCUT2D eigenvalue weighted by molar-refractivity contribution is -0.120. The summed E-state index contributed by atoms with van der Waals surface area (Å²) in [5.74, 6) is 0.102. The van der Waals surface area contributed by atoms with Gasteiger partial charge in [-0.15, -0.1) is 0 Å². The van der Waals surface area contributed by atoms with Crippen molar-refractivity contribution in [3.8, 4) is 0 Å². The first-order valence-corrected chi connectivity index (χ1v) is 4.40. The molecule has 0 spiro atoms. The Bertz CT molecular complexity index is 122. The van der Waals surface area contributed by atoms with Crippen molar-refractivity contribution >= 4 is 17.3 Å². The Balaban J connectivity index is 2.18. The van der Waals surface area contributed by atoms with Crippen molar-refractivity contribution < 1.29 is 9.35 Å². The van der Waals surface area contributed by atoms with E-state index in [1.807, 2.05) is 0 Å². The maximum Gasteiger partial charge on any atom is 0.264 e. The van der Waals surface area contributed by atoms with Gasteiger partial charge in [0.1, 0.15) is 6.26 Å². The Morgan fingerprint density at radius 1 is 1.78 bits per heavy atom. The van der Waals surface area contributed by atoms with E-state index in [0.29, 0.717) is 0 Å². The van der Waals surface area contributed by atoms with Crippen molar-refractivity contribution in [2.45, 2.75) is 12.8 Å². The second kappa shape index (κ2) is 2.58. The van der Waals surface area contributed by atoms with Crippen LogP contribution in [0, 0.1) is 5.92 Å². The first-order valence-electron chi connectivity index (χ1n) is 2.84. The minimum atomic E-state index is -1.18. The van der Waals surface area contributed by atoms with Gasteiger partial charge in [0.15, 0.2) is 0 Å². The lowest BCUT2D eigenvalue weighted by Crippen LogP contribution is -2.30. The van der Waals surface area contributed by atoms with Crippen LogP contribution in [0.1, 0.15) is 12.8 Å². The molecule has 1 fully saturated rings. The first-order chi connectivity index (χ1) is 4.20. The normalized spacial score (nSPS) is 21.1. The highest BCUT2D eigenvalue weighted by atomic mass is 32.2. The molecule has 1 rings (SSSR count). The number of hydrogen-bond acceptors (Lipinski definition) is 2. The van der Waals surface area contributed by atoms with Gasteiger partial charge in [0.25, 0.3) is 5.91 Å². The molecule has 0 saturated heterocycles. The van der Waals surface area contributed by atoms with Crippen LogP contribution in [0.15, 0.2) is 0 Å². The topological polar surface area (TPSA) is 52.2 Å². The summed E-state index contributed by atoms with van der Waals surface area (Å²) in [4.78, 5) is 10.7. The van der Waals surface area contributed by atoms with Crippen LogP contribution in [0.25, 0.3) is 0 Å². The fraction of sp³-hybridized carbons (Fsp3) is 0.800. The van der Waals surface area contributed by atoms with Crippen molar-refractivity contribution in [1.82, 2.24) is 4.72 Å². The van der Waals surface area contributed by atoms with E-state index in [-0.39, 0.29) is 11.8 Å². The summed E-state index contributed by atoms with van der Waals surface area (Å²) in [5.41, 5.74) is 0. The third-order valence-electron chi connectivity index (χ3n) is 1.19. The van der Waals surface area contributed by atoms with E-state index in [1.165, 1.54) is 6.26 Å². The summed E-state index contributed by atoms with van der Waals surface area (Å²) in [5, 5.41) is 0. The molecule has 1 aliphatic carbocycles. The smallest absolute Gasteiger partial charge is 0.264 e. The van der Waals surface area contributed by atoms with Gasteiger partial charge in [-0.2, -0.15) is 4.72 Å². The van der Waals surface area contributed by atoms with E-state index in [1.54, 1.807) is 0 Å². The number of nitrogens with one attached hydrogen (secondary N) is 1. The van der Waals surface area contributed by atoms with E-state index in [2.05, 4.69) is 4.72 Å². The molecule has 0 aliphatic heterocycles. The standard InChI is InChI=1S/C5H9NO2S/c1-9(8)6-5(7)4-2-3-4/h4H,2-3H2,1H3,(H,6,7). The maximum atomic E-state index is 10.7. The summed E-state index contributed by atoms with van der Waals surface area (Å²) in [6.45, 7) is 0. The van der Waals surface area contributed by atoms with Crippen LogP contribution in [0.5, 0.6) is 0 Å². The fourth-order valence-electron chi connectivity index (χ4n) is 0.571. The predicted octanol–water partition coefficient (Wildman–Crippen LogP) is -0.194. The van der Waals surface area contributed by atoms with Crippen LogP contribution in [0.4, 0.5) is 0 Å². The fourth-order valence-corrected chi connectivity index (χ4v) is 1.02. The largest absolute Gasteiger partial charge is 0.593 e. The SMILES string of the molecule is C[S+]([O-])NC(=O)C1CC1. The van der Waals surface area contributed by atoms with Crippen molar-refractivity contribution in [2.75, 3.05) is 6.26 Å². The monoisotopic (exact) mass is 147 g/mol. The molecule has 1 aliphatic rings. The molecule has 1 amide bonds. The van der Waals surface area contributed by atoms with Crippen molar-refractivity contribution in [1.29, 1.82) is 0 Å². The van der Waals surface area contributed by atoms with E-state index in [9.17, 15) is 9.35 Å². The Kier molecular flexibility index (Phi) is 1.97. The third-order valence-corrected chi connectivity index (χ3v) is 1.68. The van der Waals surface area contributed by atoms with Gasteiger partial charge in [0.05, 0.1) is 11.4 Å². The van der Waals surface area contributed by atoms with Crippen LogP contribution < -0.4 is 4.72 Å². The highest BCUT2D eigenvalue weighted by molar-refractivity contribution is 7.89. The van der Waals surface area contributed by atoms with Crippen molar-refractivity contribution in [3.63, 3.8) is 0 Å². The Morgan fingerprint density at radius 3 is 2.67 bits per heavy atom. The van der Waals surface area contributed by atoms with Gasteiger partial charge in [0, 0.05) is 5.92 Å². The Labute approximate surface area is 57.1 Å². The van der Waals surface area contributed by atoms with Gasteiger partial charge >= 0.3 is 0 Å². The molecule has 1 unspecified atom stereocenters. The van der Waals surface area contributed by atoms with Crippen LogP contribution in [-0.2, 0) is 16.2 Å². The van der Waals surface area contributed by atoms with E-state index < -0.39 is 11.4 Å². The van der Waals surface area contributed by atoms with Crippen LogP contribution in [0.2, 0.25) is 0 Å². The molecule has 0 aromatic heterocycles. The van der Waals surface area contributed by atoms with Gasteiger partial charge in [-0.05, 0) is 12.8 Å². The average Bonchev–Trinajstić information content (AvgIpc) is 2.40. The second-order valence-corrected chi connectivity index (χ2v) is 3.31. The molecule has 0 radical (unpaired) electrons. The number of carbonyl (C=O) groups excluding carboxylic acids is 1. The highest BCUT2D eigenvalue weighted by Crippen LogP contribution is 2.28. The number of rotatable bonds is 2. The summed E-state index contributed by atoms with van der Waals surface area (Å²) >= 11 is -1.18. The first kappa shape index (κ1) is 6.89. The molecule has 0 bridgehead atoms. The molecule has 52 valence electrons. The zero-order valence-corrected chi connectivity index (χ0v) is 6.03. The summed E-state index contributed by atoms with van der Waals surface area (Å²) in [7, 11) is 0. The number of carbonyl (C=O) groups is 1. The molecule has 1 saturated carbocycles. The molecule has 0 heterocycles. The maximum absolute atomic E-state index is 10.7. The molecule has 3 nitrogen and oxygen atoms in total. The van der Waals surface area contributed by atoms with Gasteiger partial charge < -0.3 is 4.55 Å². The zero-order chi connectivity index (χ0) is 6.85. The molecule has 1 atom stereocenters. The minimum Gasteiger partial charge on any atom is -0.593 e. The molecule has 1 N–H and O–H groups in total. The van der Waals surface area contributed by atoms with Crippen LogP contribution in [-0.4, -0.2) is 16.7 Å². The van der Waals surface area contributed by atoms with Gasteiger partial charge in [-0.25, -0.2) is 0 Å². The average molecular weight is 147 g/mol. The van der Waals surface area contributed by atoms with Crippen molar-refractivity contribution in [2.24, 2.45) is 5.92 Å². The quantitative estimate of drug-likeness (QED) is 0.550. The molecule has 4 heteroatoms. The Hall–Kier alpha value is -0.220. The lowest BCUT2D eigenvalue weighted by Gasteiger charge is -2.03. The van der Waals surface area contributed by atoms with E-state index >= 15 is 0 Å². The summed E-state index contributed by atoms with van der Waals surface area (Å²) < 4.78 is 12.7. The van der Waals surface area contributed by atoms with E-state index in [0.717, 1.165) is 12.8 Å². The van der Waals surface area contributed by atoms with Crippen molar-refractivity contribution in [3.05, 3.63) is 0 Å². The highest BCUT2D eigenvalue weighted by Gasteiger charge is 2.31. The minimum absolute atomic E-state index is 0.0594. The molecule has 9 heavy (non-hydrogen) atoms.